The highest BCUT2D eigenvalue weighted by molar-refractivity contribution is 8.00. The van der Waals surface area contributed by atoms with Gasteiger partial charge in [-0.15, -0.1) is 16.6 Å². The Labute approximate surface area is 146 Å². The number of benzene rings is 2. The second-order valence-corrected chi connectivity index (χ2v) is 7.32. The van der Waals surface area contributed by atoms with Gasteiger partial charge in [0, 0.05) is 6.07 Å². The zero-order valence-electron chi connectivity index (χ0n) is 12.5. The summed E-state index contributed by atoms with van der Waals surface area (Å²) < 4.78 is 36.6. The van der Waals surface area contributed by atoms with E-state index in [2.05, 4.69) is 0 Å². The van der Waals surface area contributed by atoms with Crippen LogP contribution in [0.25, 0.3) is 0 Å². The molecule has 0 aliphatic rings. The lowest BCUT2D eigenvalue weighted by Crippen LogP contribution is -2.42. The molecule has 0 aliphatic heterocycles. The maximum absolute atomic E-state index is 12.8. The van der Waals surface area contributed by atoms with E-state index >= 15 is 0 Å². The van der Waals surface area contributed by atoms with E-state index in [1.165, 1.54) is 18.2 Å². The van der Waals surface area contributed by atoms with Crippen LogP contribution in [0.4, 0.5) is 10.1 Å². The van der Waals surface area contributed by atoms with Gasteiger partial charge >= 0.3 is 0 Å². The minimum absolute atomic E-state index is 0.146. The SMILES string of the molecule is O=C(CSc1ccccc1[N+](=O)[O-])NNS(=O)(=O)c1ccc(F)cc1. The topological polar surface area (TPSA) is 118 Å². The Bertz CT molecular complexity index is 888. The number of hydrazine groups is 1. The molecule has 0 bridgehead atoms. The van der Waals surface area contributed by atoms with Crippen molar-refractivity contribution in [1.82, 2.24) is 10.3 Å². The molecule has 132 valence electrons. The van der Waals surface area contributed by atoms with Crippen LogP contribution in [0.15, 0.2) is 58.3 Å². The minimum Gasteiger partial charge on any atom is -0.277 e. The number of amides is 1. The molecule has 0 atom stereocenters. The van der Waals surface area contributed by atoms with Crippen molar-refractivity contribution in [1.29, 1.82) is 0 Å². The van der Waals surface area contributed by atoms with E-state index in [0.29, 0.717) is 0 Å². The highest BCUT2D eigenvalue weighted by Gasteiger charge is 2.17. The molecule has 0 saturated heterocycles. The van der Waals surface area contributed by atoms with Gasteiger partial charge in [-0.25, -0.2) is 12.8 Å². The fourth-order valence-electron chi connectivity index (χ4n) is 1.71. The summed E-state index contributed by atoms with van der Waals surface area (Å²) >= 11 is 0.894. The van der Waals surface area contributed by atoms with Crippen LogP contribution in [0.2, 0.25) is 0 Å². The van der Waals surface area contributed by atoms with E-state index in [1.54, 1.807) is 6.07 Å². The molecule has 8 nitrogen and oxygen atoms in total. The number of carbonyl (C=O) groups excluding carboxylic acids is 1. The van der Waals surface area contributed by atoms with Gasteiger partial charge in [-0.05, 0) is 30.3 Å². The van der Waals surface area contributed by atoms with Crippen molar-refractivity contribution < 1.29 is 22.5 Å². The molecule has 0 radical (unpaired) electrons. The quantitative estimate of drug-likeness (QED) is 0.426. The summed E-state index contributed by atoms with van der Waals surface area (Å²) in [5, 5.41) is 10.9. The number of carbonyl (C=O) groups is 1. The Morgan fingerprint density at radius 2 is 1.80 bits per heavy atom. The van der Waals surface area contributed by atoms with Crippen molar-refractivity contribution in [2.24, 2.45) is 0 Å². The van der Waals surface area contributed by atoms with E-state index in [-0.39, 0.29) is 21.2 Å². The Balaban J connectivity index is 1.93. The standard InChI is InChI=1S/C14H12FN3O5S2/c15-10-5-7-11(8-6-10)25(22,23)17-16-14(19)9-24-13-4-2-1-3-12(13)18(20)21/h1-8,17H,9H2,(H,16,19). The van der Waals surface area contributed by atoms with Crippen molar-refractivity contribution in [3.63, 3.8) is 0 Å². The molecule has 0 fully saturated rings. The number of nitrogens with zero attached hydrogens (tertiary/aromatic N) is 1. The van der Waals surface area contributed by atoms with Crippen molar-refractivity contribution in [3.05, 3.63) is 64.5 Å². The first-order valence-corrected chi connectivity index (χ1v) is 9.19. The Kier molecular flexibility index (Phi) is 6.07. The molecule has 11 heteroatoms. The van der Waals surface area contributed by atoms with Gasteiger partial charge in [0.1, 0.15) is 5.82 Å². The van der Waals surface area contributed by atoms with Crippen LogP contribution in [0.1, 0.15) is 0 Å². The Morgan fingerprint density at radius 1 is 1.16 bits per heavy atom. The molecule has 2 N–H and O–H groups in total. The third-order valence-electron chi connectivity index (χ3n) is 2.87. The summed E-state index contributed by atoms with van der Waals surface area (Å²) in [4.78, 5) is 24.0. The smallest absolute Gasteiger partial charge is 0.277 e. The predicted molar refractivity (Wildman–Crippen MR) is 88.7 cm³/mol. The van der Waals surface area contributed by atoms with Crippen LogP contribution in [-0.4, -0.2) is 25.0 Å². The van der Waals surface area contributed by atoms with E-state index in [1.807, 2.05) is 10.3 Å². The molecule has 2 aromatic rings. The van der Waals surface area contributed by atoms with Gasteiger partial charge in [0.05, 0.1) is 20.5 Å². The molecule has 0 unspecified atom stereocenters. The van der Waals surface area contributed by atoms with Gasteiger partial charge < -0.3 is 0 Å². The average molecular weight is 385 g/mol. The normalized spacial score (nSPS) is 11.1. The molecule has 0 aromatic heterocycles. The van der Waals surface area contributed by atoms with Gasteiger partial charge in [-0.2, -0.15) is 0 Å². The predicted octanol–water partition coefficient (Wildman–Crippen LogP) is 1.84. The first-order chi connectivity index (χ1) is 11.8. The number of nitrogens with one attached hydrogen (secondary N) is 2. The van der Waals surface area contributed by atoms with Crippen LogP contribution >= 0.6 is 11.8 Å². The fraction of sp³-hybridized carbons (Fsp3) is 0.0714. The first-order valence-electron chi connectivity index (χ1n) is 6.72. The molecule has 0 aliphatic carbocycles. The van der Waals surface area contributed by atoms with Gasteiger partial charge in [-0.3, -0.25) is 20.3 Å². The summed E-state index contributed by atoms with van der Waals surface area (Å²) in [5.41, 5.74) is 1.85. The Hall–Kier alpha value is -2.50. The number of nitro benzene ring substituents is 1. The molecule has 25 heavy (non-hydrogen) atoms. The monoisotopic (exact) mass is 385 g/mol. The van der Waals surface area contributed by atoms with Crippen molar-refractivity contribution >= 4 is 33.4 Å². The maximum atomic E-state index is 12.8. The molecule has 2 rings (SSSR count). The van der Waals surface area contributed by atoms with E-state index < -0.39 is 26.7 Å². The lowest BCUT2D eigenvalue weighted by atomic mass is 10.3. The number of hydrogen-bond acceptors (Lipinski definition) is 6. The van der Waals surface area contributed by atoms with Crippen LogP contribution in [0.3, 0.4) is 0 Å². The summed E-state index contributed by atoms with van der Waals surface area (Å²) in [6.07, 6.45) is 0. The van der Waals surface area contributed by atoms with Gasteiger partial charge in [0.25, 0.3) is 15.7 Å². The number of hydrogen-bond donors (Lipinski definition) is 2. The van der Waals surface area contributed by atoms with Crippen molar-refractivity contribution in [2.45, 2.75) is 9.79 Å². The second kappa shape index (κ2) is 8.05. The first kappa shape index (κ1) is 18.8. The lowest BCUT2D eigenvalue weighted by molar-refractivity contribution is -0.387. The second-order valence-electron chi connectivity index (χ2n) is 4.62. The summed E-state index contributed by atoms with van der Waals surface area (Å²) in [6, 6.07) is 9.92. The Morgan fingerprint density at radius 3 is 2.44 bits per heavy atom. The minimum atomic E-state index is -4.04. The average Bonchev–Trinajstić information content (AvgIpc) is 2.59. The van der Waals surface area contributed by atoms with Crippen LogP contribution in [0, 0.1) is 15.9 Å². The highest BCUT2D eigenvalue weighted by atomic mass is 32.2. The van der Waals surface area contributed by atoms with Crippen LogP contribution < -0.4 is 10.3 Å². The van der Waals surface area contributed by atoms with Gasteiger partial charge in [0.2, 0.25) is 5.91 Å². The third kappa shape index (κ3) is 5.24. The largest absolute Gasteiger partial charge is 0.282 e. The zero-order chi connectivity index (χ0) is 18.4. The summed E-state index contributed by atoms with van der Waals surface area (Å²) in [5.74, 6) is -1.53. The summed E-state index contributed by atoms with van der Waals surface area (Å²) in [6.45, 7) is 0. The van der Waals surface area contributed by atoms with Crippen molar-refractivity contribution in [2.75, 3.05) is 5.75 Å². The molecular formula is C14H12FN3O5S2. The molecule has 1 amide bonds. The molecule has 0 saturated carbocycles. The lowest BCUT2D eigenvalue weighted by Gasteiger charge is -2.08. The fourth-order valence-corrected chi connectivity index (χ4v) is 3.39. The van der Waals surface area contributed by atoms with Crippen LogP contribution in [0.5, 0.6) is 0 Å². The number of halogens is 1. The number of para-hydroxylation sites is 1. The zero-order valence-corrected chi connectivity index (χ0v) is 14.1. The number of nitro groups is 1. The van der Waals surface area contributed by atoms with Gasteiger partial charge in [0.15, 0.2) is 0 Å². The van der Waals surface area contributed by atoms with E-state index in [0.717, 1.165) is 36.0 Å². The van der Waals surface area contributed by atoms with Gasteiger partial charge in [-0.1, -0.05) is 12.1 Å². The number of sulfonamides is 1. The number of thioether (sulfide) groups is 1. The van der Waals surface area contributed by atoms with Crippen molar-refractivity contribution in [3.8, 4) is 0 Å². The molecule has 0 spiro atoms. The molecule has 2 aromatic carbocycles. The van der Waals surface area contributed by atoms with E-state index in [4.69, 9.17) is 0 Å². The molecular weight excluding hydrogens is 373 g/mol. The highest BCUT2D eigenvalue weighted by Crippen LogP contribution is 2.28. The summed E-state index contributed by atoms with van der Waals surface area (Å²) in [7, 11) is -4.04. The number of rotatable bonds is 7. The third-order valence-corrected chi connectivity index (χ3v) is 5.20. The van der Waals surface area contributed by atoms with Crippen LogP contribution in [-0.2, 0) is 14.8 Å². The molecule has 0 heterocycles. The maximum Gasteiger partial charge on any atom is 0.282 e. The van der Waals surface area contributed by atoms with E-state index in [9.17, 15) is 27.7 Å².